The number of thiocarbonyl (C=S) groups is 1. The molecule has 0 spiro atoms. The van der Waals surface area contributed by atoms with Crippen LogP contribution >= 0.6 is 12.2 Å². The third-order valence-electron chi connectivity index (χ3n) is 7.28. The molecule has 4 aromatic carbocycles. The summed E-state index contributed by atoms with van der Waals surface area (Å²) in [6.45, 7) is 2.57. The quantitative estimate of drug-likeness (QED) is 0.173. The van der Waals surface area contributed by atoms with Crippen molar-refractivity contribution in [3.05, 3.63) is 137 Å². The van der Waals surface area contributed by atoms with Gasteiger partial charge in [-0.3, -0.25) is 0 Å². The van der Waals surface area contributed by atoms with Gasteiger partial charge in [-0.2, -0.15) is 5.21 Å². The summed E-state index contributed by atoms with van der Waals surface area (Å²) in [6, 6.07) is 35.4. The molecule has 5 aromatic rings. The molecule has 1 aliphatic heterocycles. The van der Waals surface area contributed by atoms with Gasteiger partial charge in [0.1, 0.15) is 6.61 Å². The number of esters is 1. The van der Waals surface area contributed by atoms with Crippen LogP contribution < -0.4 is 5.32 Å². The minimum absolute atomic E-state index is 0.179. The number of hydrogen-bond acceptors (Lipinski definition) is 6. The van der Waals surface area contributed by atoms with E-state index < -0.39 is 6.04 Å². The number of allylic oxidation sites excluding steroid dienone is 1. The van der Waals surface area contributed by atoms with Gasteiger partial charge >= 0.3 is 5.97 Å². The first-order valence-electron chi connectivity index (χ1n) is 13.5. The number of aromatic nitrogens is 4. The van der Waals surface area contributed by atoms with Gasteiger partial charge in [0.2, 0.25) is 5.82 Å². The predicted molar refractivity (Wildman–Crippen MR) is 164 cm³/mol. The SMILES string of the molecule is CC1=C(C(=O)OCc2ccccc2)C(c2ccc(-c3ccccc3)cc2)NC(=S)N1Cc1ccc(-c2nn[nH]n2)cc1. The first-order valence-corrected chi connectivity index (χ1v) is 14.0. The largest absolute Gasteiger partial charge is 0.457 e. The van der Waals surface area contributed by atoms with Crippen molar-refractivity contribution < 1.29 is 9.53 Å². The fourth-order valence-electron chi connectivity index (χ4n) is 5.01. The van der Waals surface area contributed by atoms with Crippen LogP contribution in [0.5, 0.6) is 0 Å². The summed E-state index contributed by atoms with van der Waals surface area (Å²) in [5.41, 5.74) is 7.20. The number of H-pyrrole nitrogens is 1. The molecule has 1 atom stereocenters. The van der Waals surface area contributed by atoms with Gasteiger partial charge in [-0.25, -0.2) is 4.79 Å². The predicted octanol–water partition coefficient (Wildman–Crippen LogP) is 5.98. The van der Waals surface area contributed by atoms with Gasteiger partial charge in [-0.1, -0.05) is 109 Å². The highest BCUT2D eigenvalue weighted by molar-refractivity contribution is 7.80. The molecule has 2 heterocycles. The fraction of sp³-hybridized carbons (Fsp3) is 0.121. The van der Waals surface area contributed by atoms with Crippen molar-refractivity contribution in [2.24, 2.45) is 0 Å². The van der Waals surface area contributed by atoms with Gasteiger partial charge in [0, 0.05) is 17.8 Å². The van der Waals surface area contributed by atoms with E-state index in [-0.39, 0.29) is 12.6 Å². The summed E-state index contributed by atoms with van der Waals surface area (Å²) in [6.07, 6.45) is 0. The monoisotopic (exact) mass is 572 g/mol. The number of ether oxygens (including phenoxy) is 1. The molecule has 1 aliphatic rings. The van der Waals surface area contributed by atoms with Crippen LogP contribution in [0, 0.1) is 0 Å². The smallest absolute Gasteiger partial charge is 0.338 e. The van der Waals surface area contributed by atoms with E-state index in [1.807, 2.05) is 96.8 Å². The van der Waals surface area contributed by atoms with Crippen LogP contribution in [0.4, 0.5) is 0 Å². The summed E-state index contributed by atoms with van der Waals surface area (Å²) < 4.78 is 5.84. The average molecular weight is 573 g/mol. The first kappa shape index (κ1) is 27.0. The number of benzene rings is 4. The highest BCUT2D eigenvalue weighted by atomic mass is 32.1. The zero-order chi connectivity index (χ0) is 28.9. The molecule has 0 aliphatic carbocycles. The second kappa shape index (κ2) is 12.2. The van der Waals surface area contributed by atoms with Gasteiger partial charge < -0.3 is 15.0 Å². The zero-order valence-corrected chi connectivity index (χ0v) is 23.7. The maximum atomic E-state index is 13.7. The number of rotatable bonds is 8. The highest BCUT2D eigenvalue weighted by Crippen LogP contribution is 2.34. The number of tetrazole rings is 1. The molecule has 0 saturated heterocycles. The molecule has 0 radical (unpaired) electrons. The second-order valence-electron chi connectivity index (χ2n) is 9.95. The van der Waals surface area contributed by atoms with E-state index in [1.54, 1.807) is 0 Å². The Kier molecular flexibility index (Phi) is 7.83. The van der Waals surface area contributed by atoms with E-state index in [1.165, 1.54) is 0 Å². The summed E-state index contributed by atoms with van der Waals surface area (Å²) in [4.78, 5) is 15.7. The Bertz CT molecular complexity index is 1700. The third-order valence-corrected chi connectivity index (χ3v) is 7.62. The van der Waals surface area contributed by atoms with Crippen molar-refractivity contribution in [3.63, 3.8) is 0 Å². The van der Waals surface area contributed by atoms with Gasteiger partial charge in [0.15, 0.2) is 5.11 Å². The number of carbonyl (C=O) groups excluding carboxylic acids is 1. The summed E-state index contributed by atoms with van der Waals surface area (Å²) >= 11 is 5.85. The normalized spacial score (nSPS) is 14.9. The maximum absolute atomic E-state index is 13.7. The van der Waals surface area contributed by atoms with Gasteiger partial charge in [-0.15, -0.1) is 10.2 Å². The van der Waals surface area contributed by atoms with Crippen LogP contribution in [0.3, 0.4) is 0 Å². The Hall–Kier alpha value is -5.15. The van der Waals surface area contributed by atoms with Crippen molar-refractivity contribution in [1.29, 1.82) is 0 Å². The number of hydrogen-bond donors (Lipinski definition) is 2. The van der Waals surface area contributed by atoms with Crippen molar-refractivity contribution >= 4 is 23.3 Å². The molecule has 1 aromatic heterocycles. The van der Waals surface area contributed by atoms with E-state index in [9.17, 15) is 4.79 Å². The Balaban J connectivity index is 1.30. The molecule has 0 amide bonds. The van der Waals surface area contributed by atoms with E-state index >= 15 is 0 Å². The van der Waals surface area contributed by atoms with Crippen LogP contribution in [-0.4, -0.2) is 36.6 Å². The van der Waals surface area contributed by atoms with Crippen LogP contribution in [0.25, 0.3) is 22.5 Å². The second-order valence-corrected chi connectivity index (χ2v) is 10.3. The molecule has 8 nitrogen and oxygen atoms in total. The lowest BCUT2D eigenvalue weighted by Crippen LogP contribution is -2.47. The van der Waals surface area contributed by atoms with Crippen LogP contribution in [0.15, 0.2) is 120 Å². The molecular formula is C33H28N6O2S. The van der Waals surface area contributed by atoms with Crippen LogP contribution in [0.1, 0.15) is 29.7 Å². The number of aromatic amines is 1. The molecule has 9 heteroatoms. The summed E-state index contributed by atoms with van der Waals surface area (Å²) in [5.74, 6) is 0.137. The molecule has 6 rings (SSSR count). The molecular weight excluding hydrogens is 544 g/mol. The van der Waals surface area contributed by atoms with Crippen LogP contribution in [0.2, 0.25) is 0 Å². The Morgan fingerprint density at radius 3 is 2.14 bits per heavy atom. The molecule has 208 valence electrons. The van der Waals surface area contributed by atoms with Crippen molar-refractivity contribution in [2.75, 3.05) is 0 Å². The molecule has 2 N–H and O–H groups in total. The van der Waals surface area contributed by atoms with E-state index in [4.69, 9.17) is 17.0 Å². The molecule has 1 unspecified atom stereocenters. The minimum atomic E-state index is -0.456. The lowest BCUT2D eigenvalue weighted by atomic mass is 9.93. The van der Waals surface area contributed by atoms with Crippen molar-refractivity contribution in [1.82, 2.24) is 30.8 Å². The molecule has 42 heavy (non-hydrogen) atoms. The lowest BCUT2D eigenvalue weighted by Gasteiger charge is -2.37. The highest BCUT2D eigenvalue weighted by Gasteiger charge is 2.35. The minimum Gasteiger partial charge on any atom is -0.457 e. The topological polar surface area (TPSA) is 96.0 Å². The summed E-state index contributed by atoms with van der Waals surface area (Å²) in [5, 5.41) is 18.1. The average Bonchev–Trinajstić information content (AvgIpc) is 3.58. The third kappa shape index (κ3) is 5.82. The Labute approximate surface area is 249 Å². The zero-order valence-electron chi connectivity index (χ0n) is 22.9. The lowest BCUT2D eigenvalue weighted by molar-refractivity contribution is -0.141. The standard InChI is InChI=1S/C33H28N6O2S/c1-22-29(32(40)41-21-24-8-4-2-5-9-24)30(27-18-16-26(17-19-27)25-10-6-3-7-11-25)34-33(42)39(22)20-23-12-14-28(15-13-23)31-35-37-38-36-31/h2-19,30H,20-21H2,1H3,(H,34,42)(H,35,36,37,38). The first-order chi connectivity index (χ1) is 20.6. The van der Waals surface area contributed by atoms with Gasteiger partial charge in [0.05, 0.1) is 11.6 Å². The molecule has 0 saturated carbocycles. The van der Waals surface area contributed by atoms with E-state index in [0.717, 1.165) is 39.1 Å². The Morgan fingerprint density at radius 1 is 0.833 bits per heavy atom. The number of carbonyl (C=O) groups is 1. The molecule has 0 bridgehead atoms. The maximum Gasteiger partial charge on any atom is 0.338 e. The van der Waals surface area contributed by atoms with Crippen molar-refractivity contribution in [3.8, 4) is 22.5 Å². The Morgan fingerprint density at radius 2 is 1.48 bits per heavy atom. The van der Waals surface area contributed by atoms with Crippen molar-refractivity contribution in [2.45, 2.75) is 26.1 Å². The summed E-state index contributed by atoms with van der Waals surface area (Å²) in [7, 11) is 0. The molecule has 0 fully saturated rings. The van der Waals surface area contributed by atoms with Crippen LogP contribution in [-0.2, 0) is 22.7 Å². The number of nitrogens with one attached hydrogen (secondary N) is 2. The fourth-order valence-corrected chi connectivity index (χ4v) is 5.33. The van der Waals surface area contributed by atoms with Gasteiger partial charge in [0.25, 0.3) is 0 Å². The number of nitrogens with zero attached hydrogens (tertiary/aromatic N) is 4. The van der Waals surface area contributed by atoms with E-state index in [2.05, 4.69) is 50.2 Å². The van der Waals surface area contributed by atoms with Gasteiger partial charge in [-0.05, 0) is 52.2 Å². The van der Waals surface area contributed by atoms with E-state index in [0.29, 0.717) is 23.1 Å².